The lowest BCUT2D eigenvalue weighted by atomic mass is 10.1. The Morgan fingerprint density at radius 2 is 1.00 bits per heavy atom. The van der Waals surface area contributed by atoms with Gasteiger partial charge < -0.3 is 5.11 Å². The van der Waals surface area contributed by atoms with Crippen LogP contribution in [0.15, 0.2) is 103 Å². The summed E-state index contributed by atoms with van der Waals surface area (Å²) in [6.45, 7) is 8.59. The molecule has 0 fully saturated rings. The lowest BCUT2D eigenvalue weighted by molar-refractivity contribution is 0.167. The first-order valence-electron chi connectivity index (χ1n) is 9.12. The summed E-state index contributed by atoms with van der Waals surface area (Å²) in [7, 11) is -2.60. The predicted octanol–water partition coefficient (Wildman–Crippen LogP) is 3.27. The summed E-state index contributed by atoms with van der Waals surface area (Å²) in [5.41, 5.74) is 0. The zero-order valence-corrected chi connectivity index (χ0v) is 16.5. The molecule has 0 aliphatic heterocycles. The van der Waals surface area contributed by atoms with Gasteiger partial charge in [0.15, 0.2) is 8.07 Å². The second-order valence-corrected chi connectivity index (χ2v) is 10.9. The minimum absolute atomic E-state index is 0.116. The lowest BCUT2D eigenvalue weighted by Gasteiger charge is -2.38. The SMILES string of the molecule is C=C(C(O)C(C)C)[Si](c1ccccc1)(c1ccccc1)c1ccccc1. The molecule has 0 aliphatic carbocycles. The third-order valence-electron chi connectivity index (χ3n) is 5.09. The highest BCUT2D eigenvalue weighted by Crippen LogP contribution is 2.22. The van der Waals surface area contributed by atoms with E-state index in [-0.39, 0.29) is 5.92 Å². The summed E-state index contributed by atoms with van der Waals surface area (Å²) in [6.07, 6.45) is -0.553. The molecule has 1 unspecified atom stereocenters. The van der Waals surface area contributed by atoms with E-state index in [1.807, 2.05) is 18.2 Å². The van der Waals surface area contributed by atoms with E-state index in [1.54, 1.807) is 0 Å². The predicted molar refractivity (Wildman–Crippen MR) is 114 cm³/mol. The van der Waals surface area contributed by atoms with Crippen molar-refractivity contribution in [1.82, 2.24) is 0 Å². The Bertz CT molecular complexity index is 744. The molecule has 0 amide bonds. The van der Waals surface area contributed by atoms with Crippen LogP contribution in [0.4, 0.5) is 0 Å². The number of hydrogen-bond donors (Lipinski definition) is 1. The smallest absolute Gasteiger partial charge is 0.177 e. The van der Waals surface area contributed by atoms with Crippen LogP contribution in [-0.4, -0.2) is 19.3 Å². The zero-order chi connectivity index (χ0) is 18.6. The summed E-state index contributed by atoms with van der Waals surface area (Å²) in [4.78, 5) is 0. The third-order valence-corrected chi connectivity index (χ3v) is 9.95. The van der Waals surface area contributed by atoms with Crippen LogP contribution in [0, 0.1) is 5.92 Å². The molecule has 3 aromatic rings. The van der Waals surface area contributed by atoms with E-state index in [4.69, 9.17) is 0 Å². The lowest BCUT2D eigenvalue weighted by Crippen LogP contribution is -2.70. The number of hydrogen-bond acceptors (Lipinski definition) is 1. The van der Waals surface area contributed by atoms with E-state index in [1.165, 1.54) is 15.6 Å². The van der Waals surface area contributed by atoms with E-state index >= 15 is 0 Å². The normalized spacial score (nSPS) is 12.8. The maximum atomic E-state index is 11.0. The van der Waals surface area contributed by atoms with Gasteiger partial charge in [-0.1, -0.05) is 105 Å². The van der Waals surface area contributed by atoms with Gasteiger partial charge in [0, 0.05) is 0 Å². The second-order valence-electron chi connectivity index (χ2n) is 7.06. The van der Waals surface area contributed by atoms with E-state index in [0.717, 1.165) is 5.20 Å². The highest BCUT2D eigenvalue weighted by molar-refractivity contribution is 7.16. The Kier molecular flexibility index (Phi) is 5.55. The van der Waals surface area contributed by atoms with Gasteiger partial charge in [-0.2, -0.15) is 0 Å². The van der Waals surface area contributed by atoms with Crippen LogP contribution in [0.5, 0.6) is 0 Å². The van der Waals surface area contributed by atoms with Crippen LogP contribution in [0.25, 0.3) is 0 Å². The van der Waals surface area contributed by atoms with Crippen molar-refractivity contribution in [2.45, 2.75) is 20.0 Å². The Balaban J connectivity index is 2.38. The van der Waals surface area contributed by atoms with Crippen molar-refractivity contribution in [2.75, 3.05) is 0 Å². The topological polar surface area (TPSA) is 20.2 Å². The van der Waals surface area contributed by atoms with Gasteiger partial charge in [-0.15, -0.1) is 6.58 Å². The minimum Gasteiger partial charge on any atom is -0.389 e. The molecule has 0 saturated heterocycles. The third kappa shape index (κ3) is 3.18. The Labute approximate surface area is 157 Å². The summed E-state index contributed by atoms with van der Waals surface area (Å²) < 4.78 is 0. The van der Waals surface area contributed by atoms with Gasteiger partial charge >= 0.3 is 0 Å². The van der Waals surface area contributed by atoms with Gasteiger partial charge in [-0.05, 0) is 26.7 Å². The maximum Gasteiger partial charge on any atom is 0.177 e. The van der Waals surface area contributed by atoms with Crippen molar-refractivity contribution in [3.63, 3.8) is 0 Å². The monoisotopic (exact) mass is 358 g/mol. The fraction of sp³-hybridized carbons (Fsp3) is 0.167. The molecule has 0 aliphatic rings. The largest absolute Gasteiger partial charge is 0.389 e. The van der Waals surface area contributed by atoms with Crippen LogP contribution in [0.3, 0.4) is 0 Å². The Hall–Kier alpha value is -2.42. The van der Waals surface area contributed by atoms with Crippen molar-refractivity contribution in [2.24, 2.45) is 5.92 Å². The summed E-state index contributed by atoms with van der Waals surface area (Å²) in [5.74, 6) is 0.116. The molecule has 132 valence electrons. The fourth-order valence-electron chi connectivity index (χ4n) is 3.74. The molecule has 0 aromatic heterocycles. The van der Waals surface area contributed by atoms with Crippen molar-refractivity contribution < 1.29 is 5.11 Å². The molecule has 0 saturated carbocycles. The summed E-state index contributed by atoms with van der Waals surface area (Å²) >= 11 is 0. The van der Waals surface area contributed by atoms with E-state index in [9.17, 15) is 5.11 Å². The van der Waals surface area contributed by atoms with E-state index in [2.05, 4.69) is 93.2 Å². The fourth-order valence-corrected chi connectivity index (χ4v) is 8.71. The van der Waals surface area contributed by atoms with E-state index in [0.29, 0.717) is 0 Å². The van der Waals surface area contributed by atoms with Gasteiger partial charge in [0.05, 0.1) is 6.10 Å². The molecule has 1 N–H and O–H groups in total. The van der Waals surface area contributed by atoms with Crippen LogP contribution >= 0.6 is 0 Å². The Morgan fingerprint density at radius 3 is 1.27 bits per heavy atom. The molecule has 1 nitrogen and oxygen atoms in total. The first kappa shape index (κ1) is 18.4. The van der Waals surface area contributed by atoms with Crippen LogP contribution in [-0.2, 0) is 0 Å². The number of aliphatic hydroxyl groups is 1. The molecule has 26 heavy (non-hydrogen) atoms. The van der Waals surface area contributed by atoms with Gasteiger partial charge in [-0.3, -0.25) is 0 Å². The number of rotatable bonds is 6. The standard InChI is InChI=1S/C24H26OSi/c1-19(2)24(25)20(3)26(21-13-7-4-8-14-21,22-15-9-5-10-16-22)23-17-11-6-12-18-23/h4-19,24-25H,3H2,1-2H3. The van der Waals surface area contributed by atoms with Gasteiger partial charge in [-0.25, -0.2) is 0 Å². The van der Waals surface area contributed by atoms with Crippen molar-refractivity contribution >= 4 is 23.6 Å². The Morgan fingerprint density at radius 1 is 0.692 bits per heavy atom. The molecule has 1 atom stereocenters. The molecule has 0 spiro atoms. The molecular weight excluding hydrogens is 332 g/mol. The number of aliphatic hydroxyl groups excluding tert-OH is 1. The van der Waals surface area contributed by atoms with Crippen LogP contribution in [0.2, 0.25) is 0 Å². The van der Waals surface area contributed by atoms with Gasteiger partial charge in [0.25, 0.3) is 0 Å². The van der Waals surface area contributed by atoms with Crippen molar-refractivity contribution in [1.29, 1.82) is 0 Å². The quantitative estimate of drug-likeness (QED) is 0.530. The van der Waals surface area contributed by atoms with Crippen molar-refractivity contribution in [3.8, 4) is 0 Å². The molecule has 2 heteroatoms. The average Bonchev–Trinajstić information content (AvgIpc) is 2.70. The van der Waals surface area contributed by atoms with Crippen molar-refractivity contribution in [3.05, 3.63) is 103 Å². The average molecular weight is 359 g/mol. The first-order valence-corrected chi connectivity index (χ1v) is 11.1. The highest BCUT2D eigenvalue weighted by Gasteiger charge is 2.44. The second kappa shape index (κ2) is 7.86. The number of benzene rings is 3. The maximum absolute atomic E-state index is 11.0. The summed E-state index contributed by atoms with van der Waals surface area (Å²) in [5, 5.41) is 15.7. The molecule has 0 bridgehead atoms. The van der Waals surface area contributed by atoms with Crippen LogP contribution < -0.4 is 15.6 Å². The summed E-state index contributed by atoms with van der Waals surface area (Å²) in [6, 6.07) is 31.7. The van der Waals surface area contributed by atoms with E-state index < -0.39 is 14.2 Å². The van der Waals surface area contributed by atoms with Crippen LogP contribution in [0.1, 0.15) is 13.8 Å². The molecule has 3 aromatic carbocycles. The minimum atomic E-state index is -2.60. The molecule has 0 radical (unpaired) electrons. The zero-order valence-electron chi connectivity index (χ0n) is 15.5. The molecular formula is C24H26OSi. The highest BCUT2D eigenvalue weighted by atomic mass is 28.3. The van der Waals surface area contributed by atoms with Gasteiger partial charge in [0.2, 0.25) is 0 Å². The molecule has 0 heterocycles. The van der Waals surface area contributed by atoms with Gasteiger partial charge in [0.1, 0.15) is 0 Å². The first-order chi connectivity index (χ1) is 12.6. The molecule has 3 rings (SSSR count).